The zero-order valence-electron chi connectivity index (χ0n) is 10.9. The van der Waals surface area contributed by atoms with Crippen molar-refractivity contribution in [2.45, 2.75) is 6.04 Å². The summed E-state index contributed by atoms with van der Waals surface area (Å²) in [7, 11) is 0. The lowest BCUT2D eigenvalue weighted by Gasteiger charge is -2.22. The van der Waals surface area contributed by atoms with Crippen LogP contribution in [0.4, 0.5) is 0 Å². The van der Waals surface area contributed by atoms with Crippen molar-refractivity contribution in [2.75, 3.05) is 13.2 Å². The molecule has 0 bridgehead atoms. The molecule has 21 heavy (non-hydrogen) atoms. The summed E-state index contributed by atoms with van der Waals surface area (Å²) in [6.45, 7) is 1.10. The van der Waals surface area contributed by atoms with Gasteiger partial charge in [-0.15, -0.1) is 0 Å². The standard InChI is InChI=1S/C15H12Br2ClNO2/c16-8-1-2-12(18)10(5-8)15(19)9-6-13-14(7-11(9)17)21-4-3-20-13/h1-2,5-7,15H,3-4,19H2. The third-order valence-corrected chi connectivity index (χ3v) is 4.81. The minimum atomic E-state index is -0.361. The highest BCUT2D eigenvalue weighted by atomic mass is 79.9. The summed E-state index contributed by atoms with van der Waals surface area (Å²) >= 11 is 13.3. The summed E-state index contributed by atoms with van der Waals surface area (Å²) in [5, 5.41) is 0.632. The van der Waals surface area contributed by atoms with Crippen molar-refractivity contribution in [3.05, 3.63) is 55.4 Å². The van der Waals surface area contributed by atoms with Crippen molar-refractivity contribution in [2.24, 2.45) is 5.73 Å². The first-order chi connectivity index (χ1) is 10.1. The Morgan fingerprint density at radius 2 is 1.67 bits per heavy atom. The van der Waals surface area contributed by atoms with Gasteiger partial charge in [-0.1, -0.05) is 43.5 Å². The number of ether oxygens (including phenoxy) is 2. The second kappa shape index (κ2) is 6.16. The van der Waals surface area contributed by atoms with Crippen LogP contribution in [0.1, 0.15) is 17.2 Å². The van der Waals surface area contributed by atoms with E-state index in [4.69, 9.17) is 26.8 Å². The Morgan fingerprint density at radius 3 is 2.38 bits per heavy atom. The molecule has 0 aliphatic carbocycles. The van der Waals surface area contributed by atoms with E-state index in [0.717, 1.165) is 25.8 Å². The quantitative estimate of drug-likeness (QED) is 0.748. The molecule has 0 fully saturated rings. The predicted molar refractivity (Wildman–Crippen MR) is 90.3 cm³/mol. The number of hydrogen-bond acceptors (Lipinski definition) is 3. The molecule has 3 nitrogen and oxygen atoms in total. The molecule has 110 valence electrons. The van der Waals surface area contributed by atoms with E-state index in [1.807, 2.05) is 30.3 Å². The van der Waals surface area contributed by atoms with E-state index in [9.17, 15) is 0 Å². The average Bonchev–Trinajstić information content (AvgIpc) is 2.48. The Balaban J connectivity index is 2.05. The van der Waals surface area contributed by atoms with E-state index >= 15 is 0 Å². The van der Waals surface area contributed by atoms with Crippen LogP contribution in [0.15, 0.2) is 39.3 Å². The lowest BCUT2D eigenvalue weighted by atomic mass is 9.99. The van der Waals surface area contributed by atoms with Crippen LogP contribution >= 0.6 is 43.5 Å². The van der Waals surface area contributed by atoms with Crippen LogP contribution in [0.5, 0.6) is 11.5 Å². The second-order valence-corrected chi connectivity index (χ2v) is 6.84. The molecule has 1 unspecified atom stereocenters. The molecule has 0 aromatic heterocycles. The van der Waals surface area contributed by atoms with Gasteiger partial charge in [-0.05, 0) is 41.5 Å². The molecule has 2 aromatic carbocycles. The van der Waals surface area contributed by atoms with E-state index in [2.05, 4.69) is 31.9 Å². The largest absolute Gasteiger partial charge is 0.486 e. The first-order valence-electron chi connectivity index (χ1n) is 6.36. The molecule has 0 saturated carbocycles. The minimum Gasteiger partial charge on any atom is -0.486 e. The number of benzene rings is 2. The normalized spacial score (nSPS) is 14.9. The van der Waals surface area contributed by atoms with Gasteiger partial charge in [0, 0.05) is 14.0 Å². The lowest BCUT2D eigenvalue weighted by Crippen LogP contribution is -2.18. The number of rotatable bonds is 2. The van der Waals surface area contributed by atoms with Gasteiger partial charge in [-0.3, -0.25) is 0 Å². The molecule has 2 N–H and O–H groups in total. The highest BCUT2D eigenvalue weighted by Crippen LogP contribution is 2.40. The van der Waals surface area contributed by atoms with E-state index in [1.54, 1.807) is 0 Å². The molecule has 0 radical (unpaired) electrons. The smallest absolute Gasteiger partial charge is 0.162 e. The third-order valence-electron chi connectivity index (χ3n) is 3.29. The molecule has 3 rings (SSSR count). The summed E-state index contributed by atoms with van der Waals surface area (Å²) in [6, 6.07) is 9.07. The first-order valence-corrected chi connectivity index (χ1v) is 8.32. The molecular formula is C15H12Br2ClNO2. The summed E-state index contributed by atoms with van der Waals surface area (Å²) in [4.78, 5) is 0. The minimum absolute atomic E-state index is 0.361. The molecule has 2 aromatic rings. The molecule has 0 saturated heterocycles. The zero-order chi connectivity index (χ0) is 15.0. The fourth-order valence-corrected chi connectivity index (χ4v) is 3.42. The van der Waals surface area contributed by atoms with Crippen LogP contribution in [0.3, 0.4) is 0 Å². The molecule has 1 aliphatic rings. The van der Waals surface area contributed by atoms with Crippen LogP contribution in [0, 0.1) is 0 Å². The first kappa shape index (κ1) is 15.2. The van der Waals surface area contributed by atoms with E-state index in [1.165, 1.54) is 0 Å². The molecule has 0 amide bonds. The van der Waals surface area contributed by atoms with Gasteiger partial charge >= 0.3 is 0 Å². The van der Waals surface area contributed by atoms with E-state index < -0.39 is 0 Å². The summed E-state index contributed by atoms with van der Waals surface area (Å²) in [5.74, 6) is 1.44. The SMILES string of the molecule is NC(c1cc(Br)ccc1Cl)c1cc2c(cc1Br)OCCO2. The van der Waals surface area contributed by atoms with Crippen molar-refractivity contribution in [1.29, 1.82) is 0 Å². The molecule has 6 heteroatoms. The average molecular weight is 434 g/mol. The molecule has 1 heterocycles. The molecular weight excluding hydrogens is 421 g/mol. The van der Waals surface area contributed by atoms with Gasteiger partial charge in [-0.2, -0.15) is 0 Å². The lowest BCUT2D eigenvalue weighted by molar-refractivity contribution is 0.171. The zero-order valence-corrected chi connectivity index (χ0v) is 14.8. The molecule has 0 spiro atoms. The number of nitrogens with two attached hydrogens (primary N) is 1. The van der Waals surface area contributed by atoms with Gasteiger partial charge in [0.05, 0.1) is 6.04 Å². The van der Waals surface area contributed by atoms with Gasteiger partial charge in [0.2, 0.25) is 0 Å². The Morgan fingerprint density at radius 1 is 1.00 bits per heavy atom. The third kappa shape index (κ3) is 3.06. The van der Waals surface area contributed by atoms with Crippen molar-refractivity contribution >= 4 is 43.5 Å². The van der Waals surface area contributed by atoms with Crippen LogP contribution in [-0.4, -0.2) is 13.2 Å². The van der Waals surface area contributed by atoms with Crippen LogP contribution in [-0.2, 0) is 0 Å². The number of hydrogen-bond donors (Lipinski definition) is 1. The fraction of sp³-hybridized carbons (Fsp3) is 0.200. The van der Waals surface area contributed by atoms with E-state index in [0.29, 0.717) is 24.0 Å². The topological polar surface area (TPSA) is 44.5 Å². The van der Waals surface area contributed by atoms with E-state index in [-0.39, 0.29) is 6.04 Å². The van der Waals surface area contributed by atoms with Gasteiger partial charge in [-0.25, -0.2) is 0 Å². The Bertz CT molecular complexity index is 694. The maximum Gasteiger partial charge on any atom is 0.162 e. The number of fused-ring (bicyclic) bond motifs is 1. The van der Waals surface area contributed by atoms with Crippen LogP contribution < -0.4 is 15.2 Å². The van der Waals surface area contributed by atoms with Crippen molar-refractivity contribution in [3.8, 4) is 11.5 Å². The Labute approximate surface area is 144 Å². The highest BCUT2D eigenvalue weighted by molar-refractivity contribution is 9.10. The van der Waals surface area contributed by atoms with Gasteiger partial charge in [0.15, 0.2) is 11.5 Å². The maximum absolute atomic E-state index is 6.39. The predicted octanol–water partition coefficient (Wildman–Crippen LogP) is 4.68. The molecule has 1 aliphatic heterocycles. The summed E-state index contributed by atoms with van der Waals surface area (Å²) in [5.41, 5.74) is 8.14. The summed E-state index contributed by atoms with van der Waals surface area (Å²) in [6.07, 6.45) is 0. The van der Waals surface area contributed by atoms with Gasteiger partial charge in [0.25, 0.3) is 0 Å². The summed E-state index contributed by atoms with van der Waals surface area (Å²) < 4.78 is 13.0. The van der Waals surface area contributed by atoms with Crippen LogP contribution in [0.2, 0.25) is 5.02 Å². The Kier molecular flexibility index (Phi) is 4.45. The van der Waals surface area contributed by atoms with Crippen LogP contribution in [0.25, 0.3) is 0 Å². The van der Waals surface area contributed by atoms with Gasteiger partial charge in [0.1, 0.15) is 13.2 Å². The fourth-order valence-electron chi connectivity index (χ4n) is 2.24. The Hall–Kier alpha value is -0.750. The van der Waals surface area contributed by atoms with Crippen molar-refractivity contribution in [1.82, 2.24) is 0 Å². The second-order valence-electron chi connectivity index (χ2n) is 4.66. The van der Waals surface area contributed by atoms with Gasteiger partial charge < -0.3 is 15.2 Å². The maximum atomic E-state index is 6.39. The number of halogens is 3. The van der Waals surface area contributed by atoms with Crippen molar-refractivity contribution < 1.29 is 9.47 Å². The molecule has 1 atom stereocenters. The highest BCUT2D eigenvalue weighted by Gasteiger charge is 2.21. The van der Waals surface area contributed by atoms with Crippen molar-refractivity contribution in [3.63, 3.8) is 0 Å². The monoisotopic (exact) mass is 431 g/mol.